The first-order chi connectivity index (χ1) is 19.1. The zero-order valence-electron chi connectivity index (χ0n) is 24.0. The lowest BCUT2D eigenvalue weighted by atomic mass is 9.61. The fraction of sp³-hybridized carbons (Fsp3) is 0.382. The topological polar surface area (TPSA) is 95.5 Å². The highest BCUT2D eigenvalue weighted by Crippen LogP contribution is 2.47. The molecule has 4 unspecified atom stereocenters. The normalized spacial score (nSPS) is 22.7. The molecule has 0 spiro atoms. The van der Waals surface area contributed by atoms with Crippen molar-refractivity contribution in [3.05, 3.63) is 95.1 Å². The molecule has 6 heteroatoms. The highest BCUT2D eigenvalue weighted by molar-refractivity contribution is 6.10. The van der Waals surface area contributed by atoms with E-state index in [-0.39, 0.29) is 12.2 Å². The number of hydrogen-bond donors (Lipinski definition) is 3. The zero-order valence-corrected chi connectivity index (χ0v) is 24.0. The van der Waals surface area contributed by atoms with E-state index < -0.39 is 35.2 Å². The molecule has 6 nitrogen and oxygen atoms in total. The van der Waals surface area contributed by atoms with Gasteiger partial charge in [0.2, 0.25) is 11.8 Å². The minimum Gasteiger partial charge on any atom is -0.389 e. The third-order valence-electron chi connectivity index (χ3n) is 8.13. The van der Waals surface area contributed by atoms with Crippen molar-refractivity contribution >= 4 is 29.0 Å². The number of hydrogen-bond acceptors (Lipinski definition) is 4. The summed E-state index contributed by atoms with van der Waals surface area (Å²) in [4.78, 5) is 41.6. The molecule has 4 rings (SSSR count). The Labute approximate surface area is 237 Å². The summed E-state index contributed by atoms with van der Waals surface area (Å²) < 4.78 is 0. The van der Waals surface area contributed by atoms with Gasteiger partial charge in [-0.3, -0.25) is 14.4 Å². The quantitative estimate of drug-likeness (QED) is 0.294. The highest BCUT2D eigenvalue weighted by atomic mass is 16.3. The number of anilines is 2. The van der Waals surface area contributed by atoms with Crippen LogP contribution in [0.1, 0.15) is 75.1 Å². The molecule has 3 N–H and O–H groups in total. The number of ketones is 1. The smallest absolute Gasteiger partial charge is 0.235 e. The van der Waals surface area contributed by atoms with E-state index in [9.17, 15) is 19.5 Å². The van der Waals surface area contributed by atoms with Gasteiger partial charge < -0.3 is 15.7 Å². The van der Waals surface area contributed by atoms with Crippen molar-refractivity contribution in [3.8, 4) is 0 Å². The van der Waals surface area contributed by atoms with E-state index in [4.69, 9.17) is 0 Å². The standard InChI is InChI=1S/C34H40N2O4/c1-6-22-12-8-10-14-26(22)35-32(38)30-28(37)20-34(5,40)31(29(30)25-18-16-24(17-19-25)21(3)4)33(39)36-27-15-11-9-13-23(27)7-2/h8-19,21,29-31,40H,6-7,20H2,1-5H3,(H,35,38)(H,36,39). The molecule has 0 aliphatic heterocycles. The molecule has 2 amide bonds. The number of rotatable bonds is 8. The summed E-state index contributed by atoms with van der Waals surface area (Å²) in [5.41, 5.74) is 3.35. The molecule has 0 bridgehead atoms. The fourth-order valence-electron chi connectivity index (χ4n) is 5.92. The minimum atomic E-state index is -1.65. The Balaban J connectivity index is 1.80. The molecule has 210 valence electrons. The number of carbonyl (C=O) groups is 3. The van der Waals surface area contributed by atoms with Crippen molar-refractivity contribution in [2.45, 2.75) is 71.3 Å². The van der Waals surface area contributed by atoms with E-state index in [0.29, 0.717) is 29.3 Å². The number of Topliss-reactive ketones (excluding diaryl/α,β-unsaturated/α-hetero) is 1. The minimum absolute atomic E-state index is 0.291. The zero-order chi connectivity index (χ0) is 29.0. The Hall–Kier alpha value is -3.77. The van der Waals surface area contributed by atoms with Crippen molar-refractivity contribution in [1.29, 1.82) is 0 Å². The highest BCUT2D eigenvalue weighted by Gasteiger charge is 2.56. The summed E-state index contributed by atoms with van der Waals surface area (Å²) in [6, 6.07) is 22.7. The summed E-state index contributed by atoms with van der Waals surface area (Å²) in [6.07, 6.45) is 1.14. The van der Waals surface area contributed by atoms with Crippen LogP contribution in [0.2, 0.25) is 0 Å². The van der Waals surface area contributed by atoms with Gasteiger partial charge in [0, 0.05) is 23.7 Å². The number of para-hydroxylation sites is 2. The van der Waals surface area contributed by atoms with Gasteiger partial charge >= 0.3 is 0 Å². The van der Waals surface area contributed by atoms with Crippen molar-refractivity contribution in [1.82, 2.24) is 0 Å². The van der Waals surface area contributed by atoms with Crippen molar-refractivity contribution in [2.75, 3.05) is 10.6 Å². The summed E-state index contributed by atoms with van der Waals surface area (Å²) in [5.74, 6) is -4.02. The van der Waals surface area contributed by atoms with Crippen molar-refractivity contribution < 1.29 is 19.5 Å². The Kier molecular flexibility index (Phi) is 8.89. The second-order valence-electron chi connectivity index (χ2n) is 11.3. The molecule has 1 aliphatic rings. The van der Waals surface area contributed by atoms with Crippen LogP contribution in [0.15, 0.2) is 72.8 Å². The van der Waals surface area contributed by atoms with Gasteiger partial charge in [0.05, 0.1) is 11.5 Å². The molecule has 0 radical (unpaired) electrons. The number of amides is 2. The van der Waals surface area contributed by atoms with Gasteiger partial charge in [-0.1, -0.05) is 88.4 Å². The molecule has 0 aromatic heterocycles. The maximum Gasteiger partial charge on any atom is 0.235 e. The molecule has 0 saturated heterocycles. The van der Waals surface area contributed by atoms with Crippen LogP contribution in [-0.4, -0.2) is 28.3 Å². The molecule has 0 heterocycles. The Bertz CT molecular complexity index is 1380. The van der Waals surface area contributed by atoms with E-state index in [0.717, 1.165) is 23.1 Å². The van der Waals surface area contributed by atoms with Crippen LogP contribution in [0.3, 0.4) is 0 Å². The number of aliphatic hydroxyl groups is 1. The third kappa shape index (κ3) is 6.02. The SMILES string of the molecule is CCc1ccccc1NC(=O)C1C(=O)CC(C)(O)C(C(=O)Nc2ccccc2CC)C1c1ccc(C(C)C)cc1. The molecule has 40 heavy (non-hydrogen) atoms. The van der Waals surface area contributed by atoms with Crippen molar-refractivity contribution in [2.24, 2.45) is 11.8 Å². The largest absolute Gasteiger partial charge is 0.389 e. The Morgan fingerprint density at radius 3 is 1.85 bits per heavy atom. The monoisotopic (exact) mass is 540 g/mol. The fourth-order valence-corrected chi connectivity index (χ4v) is 5.92. The predicted octanol–water partition coefficient (Wildman–Crippen LogP) is 6.25. The van der Waals surface area contributed by atoms with E-state index >= 15 is 0 Å². The molecular formula is C34H40N2O4. The first kappa shape index (κ1) is 29.2. The Morgan fingerprint density at radius 1 is 0.850 bits per heavy atom. The summed E-state index contributed by atoms with van der Waals surface area (Å²) in [5, 5.41) is 17.6. The lowest BCUT2D eigenvalue weighted by Gasteiger charge is -2.44. The van der Waals surface area contributed by atoms with Crippen LogP contribution < -0.4 is 10.6 Å². The molecule has 4 atom stereocenters. The van der Waals surface area contributed by atoms with Crippen LogP contribution in [0, 0.1) is 11.8 Å². The van der Waals surface area contributed by atoms with E-state index in [1.54, 1.807) is 0 Å². The molecule has 3 aromatic rings. The third-order valence-corrected chi connectivity index (χ3v) is 8.13. The lowest BCUT2D eigenvalue weighted by molar-refractivity contribution is -0.150. The van der Waals surface area contributed by atoms with Crippen LogP contribution in [0.25, 0.3) is 0 Å². The number of carbonyl (C=O) groups excluding carboxylic acids is 3. The van der Waals surface area contributed by atoms with Crippen LogP contribution in [-0.2, 0) is 27.2 Å². The van der Waals surface area contributed by atoms with E-state index in [2.05, 4.69) is 24.5 Å². The predicted molar refractivity (Wildman–Crippen MR) is 159 cm³/mol. The maximum absolute atomic E-state index is 14.0. The van der Waals surface area contributed by atoms with Gasteiger partial charge in [0.25, 0.3) is 0 Å². The van der Waals surface area contributed by atoms with Crippen LogP contribution >= 0.6 is 0 Å². The second kappa shape index (κ2) is 12.2. The first-order valence-corrected chi connectivity index (χ1v) is 14.2. The van der Waals surface area contributed by atoms with Crippen LogP contribution in [0.5, 0.6) is 0 Å². The van der Waals surface area contributed by atoms with E-state index in [1.807, 2.05) is 86.6 Å². The second-order valence-corrected chi connectivity index (χ2v) is 11.3. The average Bonchev–Trinajstić information content (AvgIpc) is 2.92. The van der Waals surface area contributed by atoms with Crippen molar-refractivity contribution in [3.63, 3.8) is 0 Å². The van der Waals surface area contributed by atoms with Gasteiger partial charge in [0.1, 0.15) is 11.7 Å². The lowest BCUT2D eigenvalue weighted by Crippen LogP contribution is -2.56. The Morgan fingerprint density at radius 2 is 1.35 bits per heavy atom. The number of nitrogens with one attached hydrogen (secondary N) is 2. The summed E-state index contributed by atoms with van der Waals surface area (Å²) in [6.45, 7) is 9.71. The average molecular weight is 541 g/mol. The van der Waals surface area contributed by atoms with Gasteiger partial charge in [0.15, 0.2) is 0 Å². The van der Waals surface area contributed by atoms with Gasteiger partial charge in [-0.15, -0.1) is 0 Å². The first-order valence-electron chi connectivity index (χ1n) is 14.2. The molecule has 1 aliphatic carbocycles. The van der Waals surface area contributed by atoms with Gasteiger partial charge in [-0.2, -0.15) is 0 Å². The van der Waals surface area contributed by atoms with E-state index in [1.165, 1.54) is 6.92 Å². The molecule has 1 saturated carbocycles. The maximum atomic E-state index is 14.0. The number of aryl methyl sites for hydroxylation is 2. The van der Waals surface area contributed by atoms with Gasteiger partial charge in [-0.05, 0) is 60.1 Å². The molecule has 1 fully saturated rings. The van der Waals surface area contributed by atoms with Crippen LogP contribution in [0.4, 0.5) is 11.4 Å². The molecule has 3 aromatic carbocycles. The van der Waals surface area contributed by atoms with Gasteiger partial charge in [-0.25, -0.2) is 0 Å². The summed E-state index contributed by atoms with van der Waals surface area (Å²) in [7, 11) is 0. The molecular weight excluding hydrogens is 500 g/mol. The summed E-state index contributed by atoms with van der Waals surface area (Å²) >= 11 is 0. The number of benzene rings is 3.